The first-order valence-corrected chi connectivity index (χ1v) is 8.43. The van der Waals surface area contributed by atoms with Gasteiger partial charge in [0.1, 0.15) is 5.82 Å². The maximum Gasteiger partial charge on any atom is 0.271 e. The van der Waals surface area contributed by atoms with Gasteiger partial charge in [0.05, 0.1) is 11.0 Å². The summed E-state index contributed by atoms with van der Waals surface area (Å²) in [4.78, 5) is 16.8. The van der Waals surface area contributed by atoms with Crippen molar-refractivity contribution in [3.8, 4) is 0 Å². The second-order valence-electron chi connectivity index (χ2n) is 5.73. The predicted molar refractivity (Wildman–Crippen MR) is 94.9 cm³/mol. The molecule has 0 aliphatic carbocycles. The van der Waals surface area contributed by atoms with Gasteiger partial charge in [-0.15, -0.1) is 0 Å². The zero-order chi connectivity index (χ0) is 16.8. The van der Waals surface area contributed by atoms with E-state index in [9.17, 15) is 4.79 Å². The molecule has 0 unspecified atom stereocenters. The monoisotopic (exact) mass is 314 g/mol. The van der Waals surface area contributed by atoms with Gasteiger partial charge in [0.25, 0.3) is 5.91 Å². The van der Waals surface area contributed by atoms with Gasteiger partial charge >= 0.3 is 0 Å². The molecule has 0 radical (unpaired) electrons. The summed E-state index contributed by atoms with van der Waals surface area (Å²) in [7, 11) is 0. The summed E-state index contributed by atoms with van der Waals surface area (Å²) in [6.45, 7) is 9.18. The smallest absolute Gasteiger partial charge is 0.271 e. The lowest BCUT2D eigenvalue weighted by molar-refractivity contribution is 0.0954. The van der Waals surface area contributed by atoms with Crippen molar-refractivity contribution in [2.45, 2.75) is 59.9 Å². The number of fused-ring (bicyclic) bond motifs is 1. The van der Waals surface area contributed by atoms with Crippen LogP contribution in [0.1, 0.15) is 62.6 Å². The predicted octanol–water partition coefficient (Wildman–Crippen LogP) is 4.05. The molecule has 5 heteroatoms. The molecule has 124 valence electrons. The molecule has 0 aliphatic rings. The van der Waals surface area contributed by atoms with Crippen LogP contribution in [-0.2, 0) is 6.54 Å². The third kappa shape index (κ3) is 3.97. The van der Waals surface area contributed by atoms with Gasteiger partial charge in [-0.25, -0.2) is 10.4 Å². The van der Waals surface area contributed by atoms with E-state index in [1.807, 2.05) is 25.1 Å². The summed E-state index contributed by atoms with van der Waals surface area (Å²) in [5.41, 5.74) is 6.23. The number of benzene rings is 1. The summed E-state index contributed by atoms with van der Waals surface area (Å²) >= 11 is 0. The van der Waals surface area contributed by atoms with Crippen LogP contribution < -0.4 is 5.43 Å². The Hall–Kier alpha value is -2.17. The van der Waals surface area contributed by atoms with Gasteiger partial charge in [0.2, 0.25) is 0 Å². The molecule has 0 spiro atoms. The van der Waals surface area contributed by atoms with E-state index in [-0.39, 0.29) is 5.91 Å². The van der Waals surface area contributed by atoms with Crippen LogP contribution in [0.2, 0.25) is 0 Å². The third-order valence-corrected chi connectivity index (χ3v) is 3.91. The Morgan fingerprint density at radius 3 is 2.52 bits per heavy atom. The number of nitrogens with zero attached hydrogens (tertiary/aromatic N) is 3. The van der Waals surface area contributed by atoms with Crippen LogP contribution in [0.5, 0.6) is 0 Å². The van der Waals surface area contributed by atoms with Gasteiger partial charge in [-0.2, -0.15) is 5.10 Å². The van der Waals surface area contributed by atoms with Gasteiger partial charge in [-0.1, -0.05) is 26.7 Å². The van der Waals surface area contributed by atoms with Crippen molar-refractivity contribution >= 4 is 22.7 Å². The van der Waals surface area contributed by atoms with Gasteiger partial charge in [0, 0.05) is 17.8 Å². The third-order valence-electron chi connectivity index (χ3n) is 3.91. The van der Waals surface area contributed by atoms with Crippen LogP contribution in [0.3, 0.4) is 0 Å². The normalized spacial score (nSPS) is 10.8. The highest BCUT2D eigenvalue weighted by Crippen LogP contribution is 2.17. The van der Waals surface area contributed by atoms with Crippen molar-refractivity contribution in [1.29, 1.82) is 0 Å². The lowest BCUT2D eigenvalue weighted by atomic mass is 10.1. The SMILES string of the molecule is CCCC(CCC)=NNC(=O)c1ccc2c(c1)nc(C)n2CC. The Balaban J connectivity index is 2.19. The first kappa shape index (κ1) is 17.2. The van der Waals surface area contributed by atoms with Gasteiger partial charge in [0.15, 0.2) is 0 Å². The highest BCUT2D eigenvalue weighted by atomic mass is 16.2. The summed E-state index contributed by atoms with van der Waals surface area (Å²) in [5, 5.41) is 4.29. The van der Waals surface area contributed by atoms with Crippen LogP contribution in [0, 0.1) is 6.92 Å². The van der Waals surface area contributed by atoms with E-state index in [4.69, 9.17) is 0 Å². The zero-order valence-corrected chi connectivity index (χ0v) is 14.5. The summed E-state index contributed by atoms with van der Waals surface area (Å²) in [5.74, 6) is 0.784. The number of carbonyl (C=O) groups excluding carboxylic acids is 1. The number of imidazole rings is 1. The summed E-state index contributed by atoms with van der Waals surface area (Å²) < 4.78 is 2.13. The molecule has 0 aliphatic heterocycles. The Kier molecular flexibility index (Phi) is 5.90. The minimum absolute atomic E-state index is 0.180. The van der Waals surface area contributed by atoms with E-state index >= 15 is 0 Å². The largest absolute Gasteiger partial charge is 0.329 e. The molecular formula is C18H26N4O. The zero-order valence-electron chi connectivity index (χ0n) is 14.5. The molecule has 0 saturated carbocycles. The first-order chi connectivity index (χ1) is 11.1. The summed E-state index contributed by atoms with van der Waals surface area (Å²) in [6, 6.07) is 5.62. The van der Waals surface area contributed by atoms with Crippen LogP contribution in [0.15, 0.2) is 23.3 Å². The van der Waals surface area contributed by atoms with E-state index in [0.29, 0.717) is 5.56 Å². The minimum Gasteiger partial charge on any atom is -0.329 e. The van der Waals surface area contributed by atoms with Crippen molar-refractivity contribution in [3.63, 3.8) is 0 Å². The molecule has 0 saturated heterocycles. The Morgan fingerprint density at radius 1 is 1.22 bits per heavy atom. The van der Waals surface area contributed by atoms with Crippen LogP contribution in [0.25, 0.3) is 11.0 Å². The standard InChI is InChI=1S/C18H26N4O/c1-5-8-15(9-6-2)20-21-18(23)14-10-11-17-16(12-14)19-13(4)22(17)7-3/h10-12H,5-9H2,1-4H3,(H,21,23). The van der Waals surface area contributed by atoms with Crippen molar-refractivity contribution in [2.75, 3.05) is 0 Å². The van der Waals surface area contributed by atoms with Crippen molar-refractivity contribution in [1.82, 2.24) is 15.0 Å². The number of aromatic nitrogens is 2. The Morgan fingerprint density at radius 2 is 1.91 bits per heavy atom. The van der Waals surface area contributed by atoms with E-state index in [2.05, 4.69) is 40.8 Å². The van der Waals surface area contributed by atoms with Crippen molar-refractivity contribution in [3.05, 3.63) is 29.6 Å². The molecule has 0 atom stereocenters. The second-order valence-corrected chi connectivity index (χ2v) is 5.73. The maximum atomic E-state index is 12.3. The molecule has 1 heterocycles. The Labute approximate surface area is 137 Å². The van der Waals surface area contributed by atoms with Crippen LogP contribution in [-0.4, -0.2) is 21.2 Å². The highest BCUT2D eigenvalue weighted by molar-refractivity contribution is 5.98. The average molecular weight is 314 g/mol. The molecule has 0 fully saturated rings. The fourth-order valence-electron chi connectivity index (χ4n) is 2.80. The average Bonchev–Trinajstić information content (AvgIpc) is 2.86. The fraction of sp³-hybridized carbons (Fsp3) is 0.500. The number of nitrogens with one attached hydrogen (secondary N) is 1. The lowest BCUT2D eigenvalue weighted by Gasteiger charge is -2.05. The maximum absolute atomic E-state index is 12.3. The first-order valence-electron chi connectivity index (χ1n) is 8.43. The van der Waals surface area contributed by atoms with Crippen molar-refractivity contribution < 1.29 is 4.79 Å². The fourth-order valence-corrected chi connectivity index (χ4v) is 2.80. The van der Waals surface area contributed by atoms with E-state index in [1.54, 1.807) is 0 Å². The highest BCUT2D eigenvalue weighted by Gasteiger charge is 2.10. The van der Waals surface area contributed by atoms with Crippen LogP contribution >= 0.6 is 0 Å². The number of amides is 1. The molecule has 1 aromatic carbocycles. The van der Waals surface area contributed by atoms with Crippen LogP contribution in [0.4, 0.5) is 0 Å². The molecule has 23 heavy (non-hydrogen) atoms. The molecule has 1 amide bonds. The van der Waals surface area contributed by atoms with Gasteiger partial charge in [-0.3, -0.25) is 4.79 Å². The van der Waals surface area contributed by atoms with Crippen molar-refractivity contribution in [2.24, 2.45) is 5.10 Å². The van der Waals surface area contributed by atoms with E-state index in [1.165, 1.54) is 0 Å². The number of hydrogen-bond donors (Lipinski definition) is 1. The number of hydrazone groups is 1. The van der Waals surface area contributed by atoms with E-state index < -0.39 is 0 Å². The number of rotatable bonds is 7. The van der Waals surface area contributed by atoms with E-state index in [0.717, 1.165) is 54.8 Å². The lowest BCUT2D eigenvalue weighted by Crippen LogP contribution is -2.19. The molecule has 1 N–H and O–H groups in total. The Bertz CT molecular complexity index is 707. The molecule has 5 nitrogen and oxygen atoms in total. The molecular weight excluding hydrogens is 288 g/mol. The molecule has 2 aromatic rings. The molecule has 2 rings (SSSR count). The summed E-state index contributed by atoms with van der Waals surface area (Å²) in [6.07, 6.45) is 3.92. The minimum atomic E-state index is -0.180. The number of carbonyl (C=O) groups is 1. The quantitative estimate of drug-likeness (QED) is 0.619. The van der Waals surface area contributed by atoms with Gasteiger partial charge < -0.3 is 4.57 Å². The van der Waals surface area contributed by atoms with Gasteiger partial charge in [-0.05, 0) is 44.9 Å². The number of aryl methyl sites for hydroxylation is 2. The second kappa shape index (κ2) is 7.90. The topological polar surface area (TPSA) is 59.3 Å². The number of hydrogen-bond acceptors (Lipinski definition) is 3. The molecule has 1 aromatic heterocycles. The molecule has 0 bridgehead atoms.